The molecule has 0 aliphatic carbocycles. The summed E-state index contributed by atoms with van der Waals surface area (Å²) < 4.78 is 1.54. The Balaban J connectivity index is 2.27. The van der Waals surface area contributed by atoms with E-state index in [-0.39, 0.29) is 10.9 Å². The van der Waals surface area contributed by atoms with Crippen LogP contribution in [0.1, 0.15) is 16.1 Å². The third-order valence-corrected chi connectivity index (χ3v) is 4.43. The first-order valence-electron chi connectivity index (χ1n) is 4.49. The summed E-state index contributed by atoms with van der Waals surface area (Å²) in [6.07, 6.45) is 4.83. The second-order valence-electron chi connectivity index (χ2n) is 3.25. The highest BCUT2D eigenvalue weighted by Gasteiger charge is 2.15. The second-order valence-corrected chi connectivity index (χ2v) is 5.55. The average molecular weight is 243 g/mol. The average Bonchev–Trinajstić information content (AvgIpc) is 2.78. The minimum absolute atomic E-state index is 0.297. The van der Waals surface area contributed by atoms with Crippen LogP contribution in [0.3, 0.4) is 0 Å². The molecule has 0 bridgehead atoms. The molecule has 0 amide bonds. The van der Waals surface area contributed by atoms with Crippen molar-refractivity contribution in [2.45, 2.75) is 5.75 Å². The summed E-state index contributed by atoms with van der Waals surface area (Å²) in [6, 6.07) is 0. The number of hydrogen-bond donors (Lipinski definition) is 1. The predicted molar refractivity (Wildman–Crippen MR) is 64.6 cm³/mol. The number of halogens is 1. The molecule has 0 spiro atoms. The summed E-state index contributed by atoms with van der Waals surface area (Å²) in [7, 11) is 1.45. The van der Waals surface area contributed by atoms with Crippen LogP contribution in [0.2, 0.25) is 5.15 Å². The lowest BCUT2D eigenvalue weighted by atomic mass is 10.3. The van der Waals surface area contributed by atoms with Crippen LogP contribution in [0.4, 0.5) is 0 Å². The summed E-state index contributed by atoms with van der Waals surface area (Å²) in [4.78, 5) is 10.9. The summed E-state index contributed by atoms with van der Waals surface area (Å²) in [6.45, 7) is 0. The van der Waals surface area contributed by atoms with Crippen molar-refractivity contribution in [3.05, 3.63) is 39.4 Å². The summed E-state index contributed by atoms with van der Waals surface area (Å²) in [5.74, 6) is 0.789. The minimum atomic E-state index is -0.297. The molecule has 0 saturated heterocycles. The smallest absolute Gasteiger partial charge is 0.155 e. The number of carbonyl (C=O) groups is 1. The van der Waals surface area contributed by atoms with Crippen molar-refractivity contribution < 1.29 is 4.79 Å². The van der Waals surface area contributed by atoms with Crippen LogP contribution in [-0.4, -0.2) is 16.1 Å². The van der Waals surface area contributed by atoms with Crippen LogP contribution in [0, 0.1) is 0 Å². The third kappa shape index (κ3) is 2.01. The van der Waals surface area contributed by atoms with Gasteiger partial charge < -0.3 is 0 Å². The Morgan fingerprint density at radius 3 is 2.80 bits per heavy atom. The van der Waals surface area contributed by atoms with Crippen molar-refractivity contribution >= 4 is 28.8 Å². The number of hydrogen-bond acceptors (Lipinski definition) is 2. The standard InChI is InChI=1S/C10H11ClN2OS/c1-13-10(11)8(6-14)9(12-13)7-15-4-2-3-5-15/h2-6,15H,7H2,1H3. The number of carbonyl (C=O) groups excluding carboxylic acids is 1. The van der Waals surface area contributed by atoms with Crippen molar-refractivity contribution in [1.29, 1.82) is 0 Å². The molecule has 0 N–H and O–H groups in total. The zero-order valence-electron chi connectivity index (χ0n) is 8.22. The number of rotatable bonds is 3. The van der Waals surface area contributed by atoms with E-state index in [0.29, 0.717) is 10.7 Å². The van der Waals surface area contributed by atoms with Gasteiger partial charge in [-0.1, -0.05) is 23.8 Å². The van der Waals surface area contributed by atoms with Gasteiger partial charge in [0.25, 0.3) is 0 Å². The van der Waals surface area contributed by atoms with Crippen LogP contribution in [0.15, 0.2) is 23.0 Å². The molecule has 1 aliphatic rings. The number of nitrogens with zero attached hydrogens (tertiary/aromatic N) is 2. The summed E-state index contributed by atoms with van der Waals surface area (Å²) >= 11 is 5.94. The molecule has 0 fully saturated rings. The Bertz CT molecular complexity index is 439. The van der Waals surface area contributed by atoms with E-state index in [1.54, 1.807) is 11.7 Å². The Labute approximate surface area is 95.8 Å². The highest BCUT2D eigenvalue weighted by Crippen LogP contribution is 2.37. The minimum Gasteiger partial charge on any atom is -0.298 e. The molecule has 5 heteroatoms. The zero-order chi connectivity index (χ0) is 10.8. The van der Waals surface area contributed by atoms with E-state index in [4.69, 9.17) is 11.6 Å². The lowest BCUT2D eigenvalue weighted by Crippen LogP contribution is -1.92. The van der Waals surface area contributed by atoms with Gasteiger partial charge in [0.2, 0.25) is 0 Å². The Morgan fingerprint density at radius 1 is 1.53 bits per heavy atom. The van der Waals surface area contributed by atoms with Crippen molar-refractivity contribution in [2.75, 3.05) is 0 Å². The largest absolute Gasteiger partial charge is 0.298 e. The molecular weight excluding hydrogens is 232 g/mol. The molecule has 15 heavy (non-hydrogen) atoms. The third-order valence-electron chi connectivity index (χ3n) is 2.20. The monoisotopic (exact) mass is 242 g/mol. The molecule has 0 saturated carbocycles. The van der Waals surface area contributed by atoms with Gasteiger partial charge in [0, 0.05) is 12.8 Å². The van der Waals surface area contributed by atoms with Gasteiger partial charge >= 0.3 is 0 Å². The normalized spacial score (nSPS) is 16.3. The Hall–Kier alpha value is -1.00. The molecule has 3 nitrogen and oxygen atoms in total. The number of thiol groups is 1. The summed E-state index contributed by atoms with van der Waals surface area (Å²) in [5.41, 5.74) is 1.31. The van der Waals surface area contributed by atoms with Gasteiger partial charge in [0.15, 0.2) is 6.29 Å². The van der Waals surface area contributed by atoms with Gasteiger partial charge in [-0.15, -0.1) is 0 Å². The molecule has 0 radical (unpaired) electrons. The Kier molecular flexibility index (Phi) is 2.98. The number of aldehydes is 1. The first-order chi connectivity index (χ1) is 7.22. The van der Waals surface area contributed by atoms with Crippen LogP contribution in [-0.2, 0) is 12.8 Å². The topological polar surface area (TPSA) is 34.9 Å². The maximum Gasteiger partial charge on any atom is 0.155 e. The number of allylic oxidation sites excluding steroid dienone is 2. The molecule has 1 aromatic heterocycles. The molecule has 1 aromatic rings. The van der Waals surface area contributed by atoms with E-state index < -0.39 is 0 Å². The first kappa shape index (κ1) is 10.5. The van der Waals surface area contributed by atoms with E-state index >= 15 is 0 Å². The van der Waals surface area contributed by atoms with Gasteiger partial charge in [-0.3, -0.25) is 9.48 Å². The highest BCUT2D eigenvalue weighted by molar-refractivity contribution is 8.21. The molecule has 2 rings (SSSR count). The highest BCUT2D eigenvalue weighted by atomic mass is 35.5. The fourth-order valence-corrected chi connectivity index (χ4v) is 3.18. The van der Waals surface area contributed by atoms with Crippen molar-refractivity contribution in [3.8, 4) is 0 Å². The van der Waals surface area contributed by atoms with E-state index in [0.717, 1.165) is 17.7 Å². The van der Waals surface area contributed by atoms with Crippen molar-refractivity contribution in [2.24, 2.45) is 7.05 Å². The first-order valence-corrected chi connectivity index (χ1v) is 6.54. The van der Waals surface area contributed by atoms with E-state index in [2.05, 4.69) is 15.9 Å². The molecule has 0 unspecified atom stereocenters. The molecule has 0 aromatic carbocycles. The van der Waals surface area contributed by atoms with Gasteiger partial charge in [0.1, 0.15) is 5.15 Å². The quantitative estimate of drug-likeness (QED) is 0.653. The van der Waals surface area contributed by atoms with Crippen molar-refractivity contribution in [1.82, 2.24) is 9.78 Å². The van der Waals surface area contributed by atoms with Gasteiger partial charge in [-0.2, -0.15) is 5.10 Å². The van der Waals surface area contributed by atoms with E-state index in [1.807, 2.05) is 12.2 Å². The van der Waals surface area contributed by atoms with E-state index in [1.165, 1.54) is 0 Å². The lowest BCUT2D eigenvalue weighted by molar-refractivity contribution is 0.112. The van der Waals surface area contributed by atoms with E-state index in [9.17, 15) is 4.79 Å². The van der Waals surface area contributed by atoms with Gasteiger partial charge in [-0.25, -0.2) is 10.9 Å². The fraction of sp³-hybridized carbons (Fsp3) is 0.200. The molecule has 0 atom stereocenters. The van der Waals surface area contributed by atoms with Crippen LogP contribution in [0.25, 0.3) is 0 Å². The van der Waals surface area contributed by atoms with Gasteiger partial charge in [-0.05, 0) is 10.8 Å². The lowest BCUT2D eigenvalue weighted by Gasteiger charge is -2.06. The molecule has 2 heterocycles. The molecular formula is C10H11ClN2OS. The van der Waals surface area contributed by atoms with Crippen molar-refractivity contribution in [3.63, 3.8) is 0 Å². The fourth-order valence-electron chi connectivity index (χ4n) is 1.45. The van der Waals surface area contributed by atoms with Crippen LogP contribution in [0.5, 0.6) is 0 Å². The maximum absolute atomic E-state index is 10.9. The second kappa shape index (κ2) is 4.24. The molecule has 1 aliphatic heterocycles. The van der Waals surface area contributed by atoms with Gasteiger partial charge in [0.05, 0.1) is 11.3 Å². The molecule has 80 valence electrons. The number of aryl methyl sites for hydroxylation is 1. The number of aromatic nitrogens is 2. The predicted octanol–water partition coefficient (Wildman–Crippen LogP) is 2.43. The van der Waals surface area contributed by atoms with Crippen LogP contribution >= 0.6 is 22.5 Å². The zero-order valence-corrected chi connectivity index (χ0v) is 9.87. The van der Waals surface area contributed by atoms with Crippen LogP contribution < -0.4 is 0 Å². The Morgan fingerprint density at radius 2 is 2.20 bits per heavy atom. The summed E-state index contributed by atoms with van der Waals surface area (Å²) in [5, 5.41) is 8.96. The SMILES string of the molecule is Cn1nc(C[SH]2C=CC=C2)c(C=O)c1Cl. The maximum atomic E-state index is 10.9.